The molecule has 0 saturated carbocycles. The summed E-state index contributed by atoms with van der Waals surface area (Å²) in [5, 5.41) is 14.5. The van der Waals surface area contributed by atoms with Crippen molar-refractivity contribution in [3.8, 4) is 11.3 Å². The maximum absolute atomic E-state index is 10.4. The lowest BCUT2D eigenvalue weighted by atomic mass is 10.1. The second-order valence-electron chi connectivity index (χ2n) is 6.62. The van der Waals surface area contributed by atoms with E-state index in [2.05, 4.69) is 15.0 Å². The quantitative estimate of drug-likeness (QED) is 0.935. The first kappa shape index (κ1) is 14.9. The van der Waals surface area contributed by atoms with E-state index in [4.69, 9.17) is 4.52 Å². The van der Waals surface area contributed by atoms with E-state index in [1.807, 2.05) is 36.4 Å². The van der Waals surface area contributed by atoms with Gasteiger partial charge < -0.3 is 9.63 Å². The van der Waals surface area contributed by atoms with Gasteiger partial charge in [0.1, 0.15) is 5.69 Å². The van der Waals surface area contributed by atoms with E-state index < -0.39 is 0 Å². The first-order valence-electron chi connectivity index (χ1n) is 8.45. The van der Waals surface area contributed by atoms with Crippen LogP contribution in [-0.2, 0) is 6.54 Å². The van der Waals surface area contributed by atoms with Gasteiger partial charge in [-0.2, -0.15) is 0 Å². The summed E-state index contributed by atoms with van der Waals surface area (Å²) < 4.78 is 5.49. The molecule has 1 aromatic carbocycles. The molecule has 2 atom stereocenters. The molecule has 23 heavy (non-hydrogen) atoms. The molecule has 0 aliphatic carbocycles. The lowest BCUT2D eigenvalue weighted by Crippen LogP contribution is -2.41. The van der Waals surface area contributed by atoms with Gasteiger partial charge in [0.25, 0.3) is 0 Å². The number of aliphatic hydroxyl groups is 1. The third kappa shape index (κ3) is 3.17. The second-order valence-corrected chi connectivity index (χ2v) is 6.62. The monoisotopic (exact) mass is 313 g/mol. The van der Waals surface area contributed by atoms with Crippen LogP contribution >= 0.6 is 0 Å². The number of hydrogen-bond acceptors (Lipinski definition) is 5. The molecule has 2 saturated heterocycles. The van der Waals surface area contributed by atoms with E-state index in [1.54, 1.807) is 0 Å². The average molecular weight is 313 g/mol. The van der Waals surface area contributed by atoms with Gasteiger partial charge in [-0.1, -0.05) is 35.5 Å². The minimum Gasteiger partial charge on any atom is -0.390 e. The van der Waals surface area contributed by atoms with Crippen molar-refractivity contribution in [2.45, 2.75) is 31.5 Å². The Kier molecular flexibility index (Phi) is 4.16. The summed E-state index contributed by atoms with van der Waals surface area (Å²) in [7, 11) is 0. The highest BCUT2D eigenvalue weighted by Crippen LogP contribution is 2.24. The van der Waals surface area contributed by atoms with Crippen molar-refractivity contribution < 1.29 is 9.63 Å². The zero-order valence-corrected chi connectivity index (χ0v) is 13.3. The average Bonchev–Trinajstić information content (AvgIpc) is 3.30. The lowest BCUT2D eigenvalue weighted by molar-refractivity contribution is 0.0977. The molecular weight excluding hydrogens is 290 g/mol. The van der Waals surface area contributed by atoms with Gasteiger partial charge in [-0.25, -0.2) is 0 Å². The van der Waals surface area contributed by atoms with E-state index in [9.17, 15) is 5.11 Å². The number of likely N-dealkylation sites (tertiary alicyclic amines) is 2. The van der Waals surface area contributed by atoms with Crippen LogP contribution in [0.3, 0.4) is 0 Å². The molecule has 122 valence electrons. The molecule has 0 radical (unpaired) electrons. The Morgan fingerprint density at radius 1 is 1.13 bits per heavy atom. The third-order valence-corrected chi connectivity index (χ3v) is 4.95. The Morgan fingerprint density at radius 2 is 1.91 bits per heavy atom. The SMILES string of the molecule is OC1CN(Cc2cc(-c3ccccc3)no2)CC1N1CCCC1. The highest BCUT2D eigenvalue weighted by molar-refractivity contribution is 5.58. The Bertz CT molecular complexity index is 637. The van der Waals surface area contributed by atoms with Gasteiger partial charge in [0.2, 0.25) is 0 Å². The zero-order valence-electron chi connectivity index (χ0n) is 13.3. The number of aromatic nitrogens is 1. The van der Waals surface area contributed by atoms with Crippen LogP contribution in [0.5, 0.6) is 0 Å². The van der Waals surface area contributed by atoms with Crippen LogP contribution in [0, 0.1) is 0 Å². The van der Waals surface area contributed by atoms with Gasteiger partial charge in [0, 0.05) is 30.8 Å². The maximum atomic E-state index is 10.4. The van der Waals surface area contributed by atoms with E-state index in [0.29, 0.717) is 13.1 Å². The highest BCUT2D eigenvalue weighted by atomic mass is 16.5. The number of hydrogen-bond donors (Lipinski definition) is 1. The van der Waals surface area contributed by atoms with Gasteiger partial charge >= 0.3 is 0 Å². The standard InChI is InChI=1S/C18H23N3O2/c22-18-13-20(12-17(18)21-8-4-5-9-21)11-15-10-16(19-23-15)14-6-2-1-3-7-14/h1-3,6-7,10,17-18,22H,4-5,8-9,11-13H2. The Labute approximate surface area is 136 Å². The minimum absolute atomic E-state index is 0.260. The fourth-order valence-corrected chi connectivity index (χ4v) is 3.76. The summed E-state index contributed by atoms with van der Waals surface area (Å²) in [5.41, 5.74) is 1.94. The fourth-order valence-electron chi connectivity index (χ4n) is 3.76. The summed E-state index contributed by atoms with van der Waals surface area (Å²) in [6.45, 7) is 4.57. The summed E-state index contributed by atoms with van der Waals surface area (Å²) >= 11 is 0. The predicted octanol–water partition coefficient (Wildman–Crippen LogP) is 1.98. The molecule has 1 aromatic heterocycles. The number of β-amino-alcohol motifs (C(OH)–C–C–N with tert-alkyl or cyclic N) is 1. The van der Waals surface area contributed by atoms with Crippen LogP contribution < -0.4 is 0 Å². The largest absolute Gasteiger partial charge is 0.390 e. The number of nitrogens with zero attached hydrogens (tertiary/aromatic N) is 3. The van der Waals surface area contributed by atoms with Crippen molar-refractivity contribution in [1.29, 1.82) is 0 Å². The molecular formula is C18H23N3O2. The van der Waals surface area contributed by atoms with E-state index in [0.717, 1.165) is 36.7 Å². The molecule has 3 heterocycles. The smallest absolute Gasteiger partial charge is 0.151 e. The molecule has 5 heteroatoms. The van der Waals surface area contributed by atoms with Gasteiger partial charge in [-0.3, -0.25) is 9.80 Å². The maximum Gasteiger partial charge on any atom is 0.151 e. The number of aliphatic hydroxyl groups excluding tert-OH is 1. The zero-order chi connectivity index (χ0) is 15.6. The van der Waals surface area contributed by atoms with E-state index in [1.165, 1.54) is 12.8 Å². The molecule has 5 nitrogen and oxygen atoms in total. The number of rotatable bonds is 4. The van der Waals surface area contributed by atoms with Gasteiger partial charge in [0.15, 0.2) is 5.76 Å². The molecule has 1 N–H and O–H groups in total. The highest BCUT2D eigenvalue weighted by Gasteiger charge is 2.36. The molecule has 0 bridgehead atoms. The van der Waals surface area contributed by atoms with Crippen LogP contribution in [0.4, 0.5) is 0 Å². The molecule has 2 aliphatic rings. The van der Waals surface area contributed by atoms with Crippen molar-refractivity contribution in [3.05, 3.63) is 42.2 Å². The van der Waals surface area contributed by atoms with Crippen molar-refractivity contribution in [1.82, 2.24) is 15.0 Å². The Balaban J connectivity index is 1.40. The van der Waals surface area contributed by atoms with Crippen LogP contribution in [0.2, 0.25) is 0 Å². The first-order valence-corrected chi connectivity index (χ1v) is 8.45. The second kappa shape index (κ2) is 6.43. The molecule has 2 aliphatic heterocycles. The summed E-state index contributed by atoms with van der Waals surface area (Å²) in [4.78, 5) is 4.70. The van der Waals surface area contributed by atoms with Crippen molar-refractivity contribution in [2.24, 2.45) is 0 Å². The predicted molar refractivity (Wildman–Crippen MR) is 87.8 cm³/mol. The molecule has 4 rings (SSSR count). The Hall–Kier alpha value is -1.69. The Morgan fingerprint density at radius 3 is 2.70 bits per heavy atom. The van der Waals surface area contributed by atoms with E-state index in [-0.39, 0.29) is 12.1 Å². The first-order chi connectivity index (χ1) is 11.3. The summed E-state index contributed by atoms with van der Waals surface area (Å²) in [6.07, 6.45) is 2.25. The molecule has 2 unspecified atom stereocenters. The van der Waals surface area contributed by atoms with E-state index >= 15 is 0 Å². The van der Waals surface area contributed by atoms with Crippen LogP contribution in [0.1, 0.15) is 18.6 Å². The lowest BCUT2D eigenvalue weighted by Gasteiger charge is -2.25. The van der Waals surface area contributed by atoms with Crippen molar-refractivity contribution >= 4 is 0 Å². The molecule has 0 spiro atoms. The van der Waals surface area contributed by atoms with Gasteiger partial charge in [-0.05, 0) is 25.9 Å². The molecule has 2 fully saturated rings. The van der Waals surface area contributed by atoms with Crippen LogP contribution in [0.15, 0.2) is 40.9 Å². The summed E-state index contributed by atoms with van der Waals surface area (Å²) in [6, 6.07) is 12.3. The van der Waals surface area contributed by atoms with Crippen molar-refractivity contribution in [2.75, 3.05) is 26.2 Å². The fraction of sp³-hybridized carbons (Fsp3) is 0.500. The van der Waals surface area contributed by atoms with Crippen LogP contribution in [-0.4, -0.2) is 58.4 Å². The number of benzene rings is 1. The van der Waals surface area contributed by atoms with Gasteiger partial charge in [-0.15, -0.1) is 0 Å². The summed E-state index contributed by atoms with van der Waals surface area (Å²) in [5.74, 6) is 0.859. The van der Waals surface area contributed by atoms with Crippen molar-refractivity contribution in [3.63, 3.8) is 0 Å². The molecule has 0 amide bonds. The van der Waals surface area contributed by atoms with Crippen LogP contribution in [0.25, 0.3) is 11.3 Å². The third-order valence-electron chi connectivity index (χ3n) is 4.95. The topological polar surface area (TPSA) is 52.7 Å². The normalized spacial score (nSPS) is 26.1. The minimum atomic E-state index is -0.260. The molecule has 2 aromatic rings. The van der Waals surface area contributed by atoms with Gasteiger partial charge in [0.05, 0.1) is 12.6 Å².